The highest BCUT2D eigenvalue weighted by atomic mass is 32.2. The predicted molar refractivity (Wildman–Crippen MR) is 89.5 cm³/mol. The molecule has 0 aliphatic carbocycles. The van der Waals surface area contributed by atoms with Gasteiger partial charge in [-0.25, -0.2) is 0 Å². The Balaban J connectivity index is 1.59. The smallest absolute Gasteiger partial charge is 0.281 e. The standard InChI is InChI=1S/C16H25N3O4S/c1-18(2)24(20,21)19-9-5-7-16(13-19)10-15(12-23-16)22-11-14-6-3-4-8-17-14/h3-4,6,8,15H,5,7,9-13H2,1-2H3/t15-,16+/m1/s1. The Morgan fingerprint density at radius 2 is 2.29 bits per heavy atom. The first kappa shape index (κ1) is 17.8. The minimum absolute atomic E-state index is 0.0194. The zero-order chi connectivity index (χ0) is 17.2. The SMILES string of the molecule is CN(C)S(=O)(=O)N1CCC[C@]2(C[C@@H](OCc3ccccn3)CO2)C1. The van der Waals surface area contributed by atoms with Crippen LogP contribution in [0.2, 0.25) is 0 Å². The van der Waals surface area contributed by atoms with Crippen LogP contribution in [0.25, 0.3) is 0 Å². The summed E-state index contributed by atoms with van der Waals surface area (Å²) in [6, 6.07) is 5.74. The molecular weight excluding hydrogens is 330 g/mol. The van der Waals surface area contributed by atoms with Crippen molar-refractivity contribution in [2.45, 2.75) is 37.6 Å². The highest BCUT2D eigenvalue weighted by molar-refractivity contribution is 7.86. The molecule has 2 aliphatic heterocycles. The summed E-state index contributed by atoms with van der Waals surface area (Å²) in [6.45, 7) is 1.90. The van der Waals surface area contributed by atoms with Crippen molar-refractivity contribution < 1.29 is 17.9 Å². The van der Waals surface area contributed by atoms with Gasteiger partial charge in [-0.1, -0.05) is 6.07 Å². The van der Waals surface area contributed by atoms with Crippen molar-refractivity contribution in [1.82, 2.24) is 13.6 Å². The summed E-state index contributed by atoms with van der Waals surface area (Å²) in [5, 5.41) is 0. The van der Waals surface area contributed by atoms with Gasteiger partial charge in [0.15, 0.2) is 0 Å². The number of nitrogens with zero attached hydrogens (tertiary/aromatic N) is 3. The van der Waals surface area contributed by atoms with Crippen LogP contribution in [0.15, 0.2) is 24.4 Å². The third-order valence-corrected chi connectivity index (χ3v) is 6.55. The van der Waals surface area contributed by atoms with Crippen LogP contribution in [0, 0.1) is 0 Å². The molecule has 3 rings (SSSR count). The highest BCUT2D eigenvalue weighted by Crippen LogP contribution is 2.37. The van der Waals surface area contributed by atoms with Gasteiger partial charge < -0.3 is 9.47 Å². The minimum Gasteiger partial charge on any atom is -0.371 e. The first-order chi connectivity index (χ1) is 11.4. The van der Waals surface area contributed by atoms with Crippen LogP contribution in [0.3, 0.4) is 0 Å². The van der Waals surface area contributed by atoms with E-state index in [9.17, 15) is 8.42 Å². The van der Waals surface area contributed by atoms with Crippen LogP contribution in [0.1, 0.15) is 25.0 Å². The van der Waals surface area contributed by atoms with E-state index in [-0.39, 0.29) is 6.10 Å². The van der Waals surface area contributed by atoms with Crippen molar-refractivity contribution in [2.75, 3.05) is 33.8 Å². The van der Waals surface area contributed by atoms with Gasteiger partial charge in [-0.05, 0) is 25.0 Å². The molecule has 2 atom stereocenters. The Kier molecular flexibility index (Phi) is 5.22. The molecule has 0 bridgehead atoms. The average molecular weight is 355 g/mol. The lowest BCUT2D eigenvalue weighted by Crippen LogP contribution is -2.52. The van der Waals surface area contributed by atoms with Gasteiger partial charge in [0.25, 0.3) is 10.2 Å². The van der Waals surface area contributed by atoms with E-state index >= 15 is 0 Å². The third kappa shape index (κ3) is 3.78. The summed E-state index contributed by atoms with van der Waals surface area (Å²) in [5.41, 5.74) is 0.467. The summed E-state index contributed by atoms with van der Waals surface area (Å²) in [7, 11) is -0.279. The van der Waals surface area contributed by atoms with E-state index in [4.69, 9.17) is 9.47 Å². The summed E-state index contributed by atoms with van der Waals surface area (Å²) >= 11 is 0. The Morgan fingerprint density at radius 1 is 1.46 bits per heavy atom. The van der Waals surface area contributed by atoms with Gasteiger partial charge in [0.2, 0.25) is 0 Å². The predicted octanol–water partition coefficient (Wildman–Crippen LogP) is 1.03. The highest BCUT2D eigenvalue weighted by Gasteiger charge is 2.46. The molecule has 2 saturated heterocycles. The summed E-state index contributed by atoms with van der Waals surface area (Å²) < 4.78 is 39.5. The van der Waals surface area contributed by atoms with Crippen LogP contribution in [0.4, 0.5) is 0 Å². The molecule has 2 aliphatic rings. The van der Waals surface area contributed by atoms with Gasteiger partial charge in [0.1, 0.15) is 0 Å². The molecule has 0 radical (unpaired) electrons. The van der Waals surface area contributed by atoms with Crippen molar-refractivity contribution >= 4 is 10.2 Å². The van der Waals surface area contributed by atoms with Gasteiger partial charge in [-0.2, -0.15) is 17.0 Å². The molecule has 24 heavy (non-hydrogen) atoms. The molecule has 7 nitrogen and oxygen atoms in total. The second-order valence-corrected chi connectivity index (χ2v) is 8.82. The van der Waals surface area contributed by atoms with Crippen LogP contribution in [-0.4, -0.2) is 67.5 Å². The largest absolute Gasteiger partial charge is 0.371 e. The molecule has 2 fully saturated rings. The molecule has 0 saturated carbocycles. The first-order valence-electron chi connectivity index (χ1n) is 8.24. The van der Waals surface area contributed by atoms with Gasteiger partial charge >= 0.3 is 0 Å². The molecular formula is C16H25N3O4S. The van der Waals surface area contributed by atoms with E-state index in [0.29, 0.717) is 26.3 Å². The second kappa shape index (κ2) is 7.05. The normalized spacial score (nSPS) is 28.7. The molecule has 0 amide bonds. The fourth-order valence-corrected chi connectivity index (χ4v) is 4.59. The number of hydrogen-bond acceptors (Lipinski definition) is 5. The van der Waals surface area contributed by atoms with E-state index in [1.807, 2.05) is 18.2 Å². The maximum Gasteiger partial charge on any atom is 0.281 e. The topological polar surface area (TPSA) is 72.0 Å². The molecule has 1 spiro atoms. The average Bonchev–Trinajstić information content (AvgIpc) is 2.96. The number of pyridine rings is 1. The van der Waals surface area contributed by atoms with Crippen LogP contribution < -0.4 is 0 Å². The Morgan fingerprint density at radius 3 is 3.00 bits per heavy atom. The Labute approximate surface area is 143 Å². The van der Waals surface area contributed by atoms with Crippen molar-refractivity contribution in [3.63, 3.8) is 0 Å². The van der Waals surface area contributed by atoms with Gasteiger partial charge in [-0.3, -0.25) is 4.98 Å². The monoisotopic (exact) mass is 355 g/mol. The van der Waals surface area contributed by atoms with Crippen molar-refractivity contribution in [2.24, 2.45) is 0 Å². The van der Waals surface area contributed by atoms with Gasteiger partial charge in [0, 0.05) is 39.8 Å². The lowest BCUT2D eigenvalue weighted by Gasteiger charge is -2.39. The fourth-order valence-electron chi connectivity index (χ4n) is 3.37. The van der Waals surface area contributed by atoms with Crippen molar-refractivity contribution in [1.29, 1.82) is 0 Å². The van der Waals surface area contributed by atoms with E-state index in [2.05, 4.69) is 4.98 Å². The Hall–Kier alpha value is -1.06. The molecule has 134 valence electrons. The third-order valence-electron chi connectivity index (χ3n) is 4.66. The van der Waals surface area contributed by atoms with E-state index in [1.54, 1.807) is 20.3 Å². The number of piperidine rings is 1. The van der Waals surface area contributed by atoms with Gasteiger partial charge in [-0.15, -0.1) is 0 Å². The Bertz CT molecular complexity index is 653. The molecule has 3 heterocycles. The molecule has 1 aromatic heterocycles. The van der Waals surface area contributed by atoms with Crippen molar-refractivity contribution in [3.05, 3.63) is 30.1 Å². The van der Waals surface area contributed by atoms with Crippen LogP contribution >= 0.6 is 0 Å². The first-order valence-corrected chi connectivity index (χ1v) is 9.64. The summed E-state index contributed by atoms with van der Waals surface area (Å²) in [5.74, 6) is 0. The quantitative estimate of drug-likeness (QED) is 0.789. The summed E-state index contributed by atoms with van der Waals surface area (Å²) in [4.78, 5) is 4.25. The number of aromatic nitrogens is 1. The molecule has 0 N–H and O–H groups in total. The number of rotatable bonds is 5. The van der Waals surface area contributed by atoms with Crippen molar-refractivity contribution in [3.8, 4) is 0 Å². The number of hydrogen-bond donors (Lipinski definition) is 0. The van der Waals surface area contributed by atoms with E-state index < -0.39 is 15.8 Å². The zero-order valence-corrected chi connectivity index (χ0v) is 15.0. The van der Waals surface area contributed by atoms with E-state index in [0.717, 1.165) is 25.0 Å². The maximum atomic E-state index is 12.4. The van der Waals surface area contributed by atoms with Gasteiger partial charge in [0.05, 0.1) is 30.6 Å². The fraction of sp³-hybridized carbons (Fsp3) is 0.688. The lowest BCUT2D eigenvalue weighted by molar-refractivity contribution is -0.0367. The molecule has 8 heteroatoms. The second-order valence-electron chi connectivity index (χ2n) is 6.68. The van der Waals surface area contributed by atoms with Crippen LogP contribution in [-0.2, 0) is 26.3 Å². The molecule has 0 unspecified atom stereocenters. The zero-order valence-electron chi connectivity index (χ0n) is 14.2. The lowest BCUT2D eigenvalue weighted by atomic mass is 9.90. The molecule has 0 aromatic carbocycles. The minimum atomic E-state index is -3.40. The molecule has 1 aromatic rings. The van der Waals surface area contributed by atoms with E-state index in [1.165, 1.54) is 8.61 Å². The number of ether oxygens (including phenoxy) is 2. The summed E-state index contributed by atoms with van der Waals surface area (Å²) in [6.07, 6.45) is 4.13. The maximum absolute atomic E-state index is 12.4. The van der Waals surface area contributed by atoms with Crippen LogP contribution in [0.5, 0.6) is 0 Å².